The summed E-state index contributed by atoms with van der Waals surface area (Å²) in [7, 11) is 0. The molecule has 6 nitrogen and oxygen atoms in total. The molecule has 1 saturated carbocycles. The molecule has 0 saturated heterocycles. The van der Waals surface area contributed by atoms with Crippen LogP contribution in [0.5, 0.6) is 0 Å². The summed E-state index contributed by atoms with van der Waals surface area (Å²) in [6, 6.07) is 10.1. The van der Waals surface area contributed by atoms with Crippen molar-refractivity contribution in [2.75, 3.05) is 6.54 Å². The summed E-state index contributed by atoms with van der Waals surface area (Å²) in [5.74, 6) is -0.400. The van der Waals surface area contributed by atoms with Gasteiger partial charge in [0.15, 0.2) is 0 Å². The molecule has 200 valence electrons. The average Bonchev–Trinajstić information content (AvgIpc) is 3.16. The molecule has 1 aliphatic rings. The van der Waals surface area contributed by atoms with E-state index in [1.165, 1.54) is 5.56 Å². The molecule has 1 amide bonds. The summed E-state index contributed by atoms with van der Waals surface area (Å²) in [5, 5.41) is 24.2. The second kappa shape index (κ2) is 17.1. The Kier molecular flexibility index (Phi) is 14.1. The Morgan fingerprint density at radius 2 is 1.92 bits per heavy atom. The van der Waals surface area contributed by atoms with E-state index in [0.717, 1.165) is 32.1 Å². The third-order valence-electron chi connectivity index (χ3n) is 6.76. The highest BCUT2D eigenvalue weighted by molar-refractivity contribution is 5.75. The van der Waals surface area contributed by atoms with Gasteiger partial charge in [0.1, 0.15) is 6.10 Å². The number of aliphatic hydroxyl groups is 2. The summed E-state index contributed by atoms with van der Waals surface area (Å²) in [5.41, 5.74) is 1.18. The number of allylic oxidation sites excluding steroid dienone is 2. The summed E-state index contributed by atoms with van der Waals surface area (Å²) < 4.78 is 5.78. The highest BCUT2D eigenvalue weighted by Gasteiger charge is 2.42. The fraction of sp³-hybridized carbons (Fsp3) is 0.600. The molecule has 1 aromatic carbocycles. The van der Waals surface area contributed by atoms with Gasteiger partial charge in [-0.25, -0.2) is 0 Å². The summed E-state index contributed by atoms with van der Waals surface area (Å²) >= 11 is 0. The van der Waals surface area contributed by atoms with Gasteiger partial charge in [-0.3, -0.25) is 9.59 Å². The smallest absolute Gasteiger partial charge is 0.306 e. The van der Waals surface area contributed by atoms with E-state index in [0.29, 0.717) is 38.6 Å². The van der Waals surface area contributed by atoms with E-state index in [-0.39, 0.29) is 23.7 Å². The van der Waals surface area contributed by atoms with Crippen molar-refractivity contribution in [2.45, 2.75) is 96.4 Å². The van der Waals surface area contributed by atoms with Crippen LogP contribution in [0.25, 0.3) is 0 Å². The van der Waals surface area contributed by atoms with E-state index < -0.39 is 18.3 Å². The number of aliphatic hydroxyl groups excluding tert-OH is 2. The van der Waals surface area contributed by atoms with Crippen LogP contribution < -0.4 is 5.32 Å². The monoisotopic (exact) mass is 499 g/mol. The number of hydrogen-bond acceptors (Lipinski definition) is 5. The first kappa shape index (κ1) is 29.8. The molecule has 0 unspecified atom stereocenters. The normalized spacial score (nSPS) is 22.8. The highest BCUT2D eigenvalue weighted by atomic mass is 16.5. The molecular formula is C30H45NO5. The van der Waals surface area contributed by atoms with Crippen LogP contribution in [0.3, 0.4) is 0 Å². The van der Waals surface area contributed by atoms with E-state index in [1.807, 2.05) is 50.3 Å². The van der Waals surface area contributed by atoms with Gasteiger partial charge in [0.2, 0.25) is 5.91 Å². The molecule has 0 radical (unpaired) electrons. The Balaban J connectivity index is 1.96. The van der Waals surface area contributed by atoms with Crippen molar-refractivity contribution in [1.29, 1.82) is 0 Å². The molecule has 1 fully saturated rings. The predicted molar refractivity (Wildman–Crippen MR) is 143 cm³/mol. The number of unbranched alkanes of at least 4 members (excludes halogenated alkanes) is 2. The predicted octanol–water partition coefficient (Wildman–Crippen LogP) is 4.89. The summed E-state index contributed by atoms with van der Waals surface area (Å²) in [6.07, 6.45) is 12.9. The number of benzene rings is 1. The molecule has 5 atom stereocenters. The van der Waals surface area contributed by atoms with Gasteiger partial charge in [0.25, 0.3) is 0 Å². The van der Waals surface area contributed by atoms with Gasteiger partial charge in [-0.05, 0) is 56.9 Å². The molecule has 0 spiro atoms. The Morgan fingerprint density at radius 1 is 1.14 bits per heavy atom. The van der Waals surface area contributed by atoms with Crippen molar-refractivity contribution in [3.8, 4) is 0 Å². The van der Waals surface area contributed by atoms with Crippen LogP contribution in [0.1, 0.15) is 77.2 Å². The van der Waals surface area contributed by atoms with Crippen LogP contribution in [0.2, 0.25) is 0 Å². The molecule has 36 heavy (non-hydrogen) atoms. The Bertz CT molecular complexity index is 822. The van der Waals surface area contributed by atoms with Gasteiger partial charge in [-0.2, -0.15) is 0 Å². The van der Waals surface area contributed by atoms with E-state index in [9.17, 15) is 19.8 Å². The standard InChI is InChI=1S/C30H45NO5/c1-3-5-17-30(35)36-28-22-27(33)25(15-11-6-7-12-16-29(34)31-4-2)26(28)21-20-24(32)19-18-23-13-9-8-10-14-23/h6,8-11,13-14,20-21,24-28,32-33H,3-5,7,12,15-19,22H2,1-2H3,(H,31,34)/b11-6-,21-20+/t24-,25+,26+,27-,28+/m0/s1. The van der Waals surface area contributed by atoms with Crippen molar-refractivity contribution < 1.29 is 24.5 Å². The number of hydrogen-bond donors (Lipinski definition) is 3. The third-order valence-corrected chi connectivity index (χ3v) is 6.76. The molecule has 0 bridgehead atoms. The molecule has 0 heterocycles. The molecule has 0 aliphatic heterocycles. The maximum absolute atomic E-state index is 12.3. The zero-order valence-electron chi connectivity index (χ0n) is 22.0. The number of carbonyl (C=O) groups is 2. The maximum Gasteiger partial charge on any atom is 0.306 e. The molecule has 1 aliphatic carbocycles. The minimum Gasteiger partial charge on any atom is -0.462 e. The van der Waals surface area contributed by atoms with Gasteiger partial charge in [0, 0.05) is 31.7 Å². The van der Waals surface area contributed by atoms with E-state index in [1.54, 1.807) is 6.08 Å². The van der Waals surface area contributed by atoms with Crippen LogP contribution in [-0.4, -0.2) is 46.9 Å². The van der Waals surface area contributed by atoms with Crippen LogP contribution in [0.15, 0.2) is 54.6 Å². The van der Waals surface area contributed by atoms with Gasteiger partial charge in [0.05, 0.1) is 12.2 Å². The van der Waals surface area contributed by atoms with Crippen molar-refractivity contribution in [3.05, 3.63) is 60.2 Å². The van der Waals surface area contributed by atoms with Crippen molar-refractivity contribution >= 4 is 11.9 Å². The van der Waals surface area contributed by atoms with Crippen molar-refractivity contribution in [2.24, 2.45) is 11.8 Å². The van der Waals surface area contributed by atoms with Gasteiger partial charge in [-0.15, -0.1) is 0 Å². The largest absolute Gasteiger partial charge is 0.462 e. The summed E-state index contributed by atoms with van der Waals surface area (Å²) in [4.78, 5) is 23.9. The lowest BCUT2D eigenvalue weighted by Crippen LogP contribution is -2.24. The average molecular weight is 500 g/mol. The number of rotatable bonds is 16. The number of aryl methyl sites for hydroxylation is 1. The highest BCUT2D eigenvalue weighted by Crippen LogP contribution is 2.38. The minimum absolute atomic E-state index is 0.0702. The molecular weight excluding hydrogens is 454 g/mol. The fourth-order valence-corrected chi connectivity index (χ4v) is 4.71. The van der Waals surface area contributed by atoms with E-state index >= 15 is 0 Å². The second-order valence-corrected chi connectivity index (χ2v) is 9.71. The lowest BCUT2D eigenvalue weighted by atomic mass is 9.89. The third kappa shape index (κ3) is 11.1. The SMILES string of the molecule is CCCCC(=O)O[C@@H]1C[C@H](O)[C@H](C/C=C\CCCC(=O)NCC)[C@H]1/C=C/[C@@H](O)CCc1ccccc1. The molecule has 1 aromatic rings. The Morgan fingerprint density at radius 3 is 2.64 bits per heavy atom. The topological polar surface area (TPSA) is 95.9 Å². The summed E-state index contributed by atoms with van der Waals surface area (Å²) in [6.45, 7) is 4.59. The fourth-order valence-electron chi connectivity index (χ4n) is 4.71. The first-order valence-corrected chi connectivity index (χ1v) is 13.6. The quantitative estimate of drug-likeness (QED) is 0.171. The van der Waals surface area contributed by atoms with Crippen LogP contribution in [-0.2, 0) is 20.7 Å². The van der Waals surface area contributed by atoms with Gasteiger partial charge in [-0.1, -0.05) is 68.0 Å². The zero-order valence-corrected chi connectivity index (χ0v) is 22.0. The Hall–Kier alpha value is -2.44. The van der Waals surface area contributed by atoms with Crippen LogP contribution in [0.4, 0.5) is 0 Å². The molecule has 2 rings (SSSR count). The molecule has 0 aromatic heterocycles. The zero-order chi connectivity index (χ0) is 26.2. The van der Waals surface area contributed by atoms with Gasteiger partial charge < -0.3 is 20.3 Å². The maximum atomic E-state index is 12.3. The lowest BCUT2D eigenvalue weighted by Gasteiger charge is -2.22. The number of amides is 1. The van der Waals surface area contributed by atoms with Crippen molar-refractivity contribution in [1.82, 2.24) is 5.32 Å². The first-order valence-electron chi connectivity index (χ1n) is 13.6. The van der Waals surface area contributed by atoms with E-state index in [2.05, 4.69) is 17.5 Å². The molecule has 3 N–H and O–H groups in total. The molecule has 6 heteroatoms. The van der Waals surface area contributed by atoms with Crippen molar-refractivity contribution in [3.63, 3.8) is 0 Å². The lowest BCUT2D eigenvalue weighted by molar-refractivity contribution is -0.150. The Labute approximate surface area is 216 Å². The van der Waals surface area contributed by atoms with E-state index in [4.69, 9.17) is 4.74 Å². The number of carbonyl (C=O) groups excluding carboxylic acids is 2. The van der Waals surface area contributed by atoms with Crippen LogP contribution >= 0.6 is 0 Å². The minimum atomic E-state index is -0.607. The second-order valence-electron chi connectivity index (χ2n) is 9.71. The number of nitrogens with one attached hydrogen (secondary N) is 1. The number of esters is 1. The first-order chi connectivity index (χ1) is 17.4. The number of ether oxygens (including phenoxy) is 1. The van der Waals surface area contributed by atoms with Crippen LogP contribution in [0, 0.1) is 11.8 Å². The van der Waals surface area contributed by atoms with Gasteiger partial charge >= 0.3 is 5.97 Å².